The molecule has 1 aliphatic heterocycles. The summed E-state index contributed by atoms with van der Waals surface area (Å²) in [6.07, 6.45) is 1.06. The summed E-state index contributed by atoms with van der Waals surface area (Å²) in [5.41, 5.74) is -0.0423. The number of piperidine rings is 1. The van der Waals surface area contributed by atoms with Crippen molar-refractivity contribution in [2.75, 3.05) is 18.0 Å². The molecule has 0 saturated carbocycles. The van der Waals surface area contributed by atoms with Gasteiger partial charge in [-0.1, -0.05) is 0 Å². The van der Waals surface area contributed by atoms with E-state index < -0.39 is 11.0 Å². The van der Waals surface area contributed by atoms with Crippen LogP contribution in [0.1, 0.15) is 29.4 Å². The van der Waals surface area contributed by atoms with Crippen LogP contribution in [0.25, 0.3) is 0 Å². The molecule has 0 aliphatic carbocycles. The molecule has 1 aromatic rings. The molecule has 1 unspecified atom stereocenters. The average Bonchev–Trinajstić information content (AvgIpc) is 2.73. The molecule has 0 bridgehead atoms. The molecule has 1 aromatic heterocycles. The lowest BCUT2D eigenvalue weighted by Crippen LogP contribution is -2.38. The smallest absolute Gasteiger partial charge is 0.304 e. The summed E-state index contributed by atoms with van der Waals surface area (Å²) in [5.74, 6) is -0.174. The zero-order valence-electron chi connectivity index (χ0n) is 9.96. The summed E-state index contributed by atoms with van der Waals surface area (Å²) in [6.45, 7) is 2.46. The lowest BCUT2D eigenvalue weighted by molar-refractivity contribution is -0.383. The van der Waals surface area contributed by atoms with Crippen molar-refractivity contribution in [1.29, 1.82) is 0 Å². The highest BCUT2D eigenvalue weighted by molar-refractivity contribution is 7.18. The number of ketones is 1. The van der Waals surface area contributed by atoms with Crippen LogP contribution in [0, 0.1) is 10.1 Å². The third-order valence-corrected chi connectivity index (χ3v) is 4.21. The number of nitrogens with zero attached hydrogens (tertiary/aromatic N) is 2. The van der Waals surface area contributed by atoms with Crippen molar-refractivity contribution in [2.45, 2.75) is 25.9 Å². The fourth-order valence-electron chi connectivity index (χ4n) is 2.04. The van der Waals surface area contributed by atoms with E-state index in [2.05, 4.69) is 0 Å². The normalized spacial score (nSPS) is 19.9. The predicted molar refractivity (Wildman–Crippen MR) is 68.4 cm³/mol. The highest BCUT2D eigenvalue weighted by Gasteiger charge is 2.28. The Morgan fingerprint density at radius 1 is 1.67 bits per heavy atom. The average molecular weight is 270 g/mol. The van der Waals surface area contributed by atoms with Crippen LogP contribution in [0.15, 0.2) is 6.07 Å². The minimum Gasteiger partial charge on any atom is -0.391 e. The van der Waals surface area contributed by atoms with E-state index in [4.69, 9.17) is 0 Å². The molecule has 0 spiro atoms. The zero-order valence-corrected chi connectivity index (χ0v) is 10.8. The van der Waals surface area contributed by atoms with Gasteiger partial charge in [0.1, 0.15) is 0 Å². The van der Waals surface area contributed by atoms with Crippen LogP contribution in [-0.4, -0.2) is 35.0 Å². The maximum Gasteiger partial charge on any atom is 0.304 e. The first kappa shape index (κ1) is 13.0. The highest BCUT2D eigenvalue weighted by atomic mass is 32.1. The number of carbonyl (C=O) groups excluding carboxylic acids is 1. The lowest BCUT2D eigenvalue weighted by Gasteiger charge is -2.30. The number of aliphatic hydroxyl groups is 1. The van der Waals surface area contributed by atoms with Crippen LogP contribution in [-0.2, 0) is 0 Å². The Hall–Kier alpha value is -1.47. The Morgan fingerprint density at radius 2 is 2.39 bits per heavy atom. The third kappa shape index (κ3) is 2.51. The number of aliphatic hydroxyl groups excluding tert-OH is 1. The SMILES string of the molecule is CC(=O)c1cc([N+](=O)[O-])c(N2CCCC(O)C2)s1. The summed E-state index contributed by atoms with van der Waals surface area (Å²) in [5, 5.41) is 21.1. The van der Waals surface area contributed by atoms with E-state index in [0.717, 1.165) is 24.2 Å². The van der Waals surface area contributed by atoms with Gasteiger partial charge < -0.3 is 10.0 Å². The molecule has 1 atom stereocenters. The van der Waals surface area contributed by atoms with Crippen molar-refractivity contribution in [2.24, 2.45) is 0 Å². The van der Waals surface area contributed by atoms with Crippen LogP contribution in [0.4, 0.5) is 10.7 Å². The predicted octanol–water partition coefficient (Wildman–Crippen LogP) is 1.82. The van der Waals surface area contributed by atoms with E-state index in [9.17, 15) is 20.0 Å². The van der Waals surface area contributed by atoms with E-state index in [1.165, 1.54) is 13.0 Å². The van der Waals surface area contributed by atoms with E-state index in [0.29, 0.717) is 23.0 Å². The van der Waals surface area contributed by atoms with E-state index in [-0.39, 0.29) is 11.5 Å². The molecule has 7 heteroatoms. The molecule has 1 N–H and O–H groups in total. The second kappa shape index (κ2) is 5.03. The van der Waals surface area contributed by atoms with Crippen molar-refractivity contribution >= 4 is 27.8 Å². The number of hydrogen-bond donors (Lipinski definition) is 1. The van der Waals surface area contributed by atoms with Crippen molar-refractivity contribution in [3.05, 3.63) is 21.1 Å². The van der Waals surface area contributed by atoms with Crippen molar-refractivity contribution in [3.63, 3.8) is 0 Å². The largest absolute Gasteiger partial charge is 0.391 e. The van der Waals surface area contributed by atoms with Crippen LogP contribution in [0.5, 0.6) is 0 Å². The summed E-state index contributed by atoms with van der Waals surface area (Å²) in [7, 11) is 0. The summed E-state index contributed by atoms with van der Waals surface area (Å²) < 4.78 is 0. The molecule has 1 fully saturated rings. The second-order valence-electron chi connectivity index (χ2n) is 4.36. The Kier molecular flexibility index (Phi) is 3.63. The van der Waals surface area contributed by atoms with Crippen LogP contribution < -0.4 is 4.90 Å². The van der Waals surface area contributed by atoms with Gasteiger partial charge in [0.25, 0.3) is 0 Å². The van der Waals surface area contributed by atoms with Crippen molar-refractivity contribution in [1.82, 2.24) is 0 Å². The van der Waals surface area contributed by atoms with Crippen LogP contribution >= 0.6 is 11.3 Å². The molecule has 2 heterocycles. The van der Waals surface area contributed by atoms with Crippen molar-refractivity contribution in [3.8, 4) is 0 Å². The summed E-state index contributed by atoms with van der Waals surface area (Å²) in [4.78, 5) is 24.0. The molecular formula is C11H14N2O4S. The first-order valence-electron chi connectivity index (χ1n) is 5.71. The fourth-order valence-corrected chi connectivity index (χ4v) is 3.10. The number of nitro groups is 1. The molecule has 18 heavy (non-hydrogen) atoms. The van der Waals surface area contributed by atoms with Gasteiger partial charge in [0, 0.05) is 19.2 Å². The van der Waals surface area contributed by atoms with Gasteiger partial charge >= 0.3 is 5.69 Å². The van der Waals surface area contributed by atoms with Crippen molar-refractivity contribution < 1.29 is 14.8 Å². The third-order valence-electron chi connectivity index (χ3n) is 2.92. The van der Waals surface area contributed by atoms with Gasteiger partial charge in [0.15, 0.2) is 10.8 Å². The number of thiophene rings is 1. The Morgan fingerprint density at radius 3 is 2.94 bits per heavy atom. The number of Topliss-reactive ketones (excluding diaryl/α,β-unsaturated/α-hetero) is 1. The van der Waals surface area contributed by atoms with E-state index in [1.807, 2.05) is 0 Å². The van der Waals surface area contributed by atoms with Gasteiger partial charge in [0.05, 0.1) is 15.9 Å². The molecule has 0 radical (unpaired) electrons. The van der Waals surface area contributed by atoms with E-state index in [1.54, 1.807) is 4.90 Å². The van der Waals surface area contributed by atoms with Crippen LogP contribution in [0.2, 0.25) is 0 Å². The van der Waals surface area contributed by atoms with Gasteiger partial charge in [0.2, 0.25) is 0 Å². The number of rotatable bonds is 3. The number of anilines is 1. The maximum absolute atomic E-state index is 11.3. The first-order chi connectivity index (χ1) is 8.49. The Balaban J connectivity index is 2.35. The van der Waals surface area contributed by atoms with Gasteiger partial charge in [-0.05, 0) is 19.8 Å². The number of β-amino-alcohol motifs (C(OH)–C–C–N with tert-alkyl or cyclic N) is 1. The number of hydrogen-bond acceptors (Lipinski definition) is 6. The number of carbonyl (C=O) groups is 1. The first-order valence-corrected chi connectivity index (χ1v) is 6.53. The Labute approximate surface area is 108 Å². The quantitative estimate of drug-likeness (QED) is 0.514. The maximum atomic E-state index is 11.3. The second-order valence-corrected chi connectivity index (χ2v) is 5.39. The molecule has 98 valence electrons. The summed E-state index contributed by atoms with van der Waals surface area (Å²) in [6, 6.07) is 1.32. The van der Waals surface area contributed by atoms with Gasteiger partial charge in [-0.25, -0.2) is 0 Å². The Bertz CT molecular complexity index is 485. The summed E-state index contributed by atoms with van der Waals surface area (Å²) >= 11 is 1.13. The molecule has 1 aliphatic rings. The minimum atomic E-state index is -0.473. The lowest BCUT2D eigenvalue weighted by atomic mass is 10.1. The molecule has 0 amide bonds. The fraction of sp³-hybridized carbons (Fsp3) is 0.545. The monoisotopic (exact) mass is 270 g/mol. The topological polar surface area (TPSA) is 83.7 Å². The molecule has 0 aromatic carbocycles. The van der Waals surface area contributed by atoms with Crippen LogP contribution in [0.3, 0.4) is 0 Å². The molecule has 6 nitrogen and oxygen atoms in total. The van der Waals surface area contributed by atoms with Gasteiger partial charge in [-0.2, -0.15) is 0 Å². The molecular weight excluding hydrogens is 256 g/mol. The standard InChI is InChI=1S/C11H14N2O4S/c1-7(14)10-5-9(13(16)17)11(18-10)12-4-2-3-8(15)6-12/h5,8,15H,2-4,6H2,1H3. The van der Waals surface area contributed by atoms with E-state index >= 15 is 0 Å². The molecule has 1 saturated heterocycles. The zero-order chi connectivity index (χ0) is 13.3. The van der Waals surface area contributed by atoms with Gasteiger partial charge in [-0.15, -0.1) is 11.3 Å². The highest BCUT2D eigenvalue weighted by Crippen LogP contribution is 2.39. The van der Waals surface area contributed by atoms with Gasteiger partial charge in [-0.3, -0.25) is 14.9 Å². The minimum absolute atomic E-state index is 0.0423. The molecule has 2 rings (SSSR count).